The van der Waals surface area contributed by atoms with Crippen molar-refractivity contribution in [2.45, 2.75) is 18.9 Å². The molecule has 1 aliphatic rings. The highest BCUT2D eigenvalue weighted by atomic mass is 16.3. The number of rotatable bonds is 3. The molecule has 26 heavy (non-hydrogen) atoms. The second-order valence-electron chi connectivity index (χ2n) is 6.33. The number of anilines is 1. The predicted molar refractivity (Wildman–Crippen MR) is 96.6 cm³/mol. The molecule has 1 saturated heterocycles. The number of hydrogen-bond donors (Lipinski definition) is 3. The normalized spacial score (nSPS) is 17.3. The minimum absolute atomic E-state index is 0.0150. The van der Waals surface area contributed by atoms with Crippen molar-refractivity contribution in [2.24, 2.45) is 0 Å². The quantitative estimate of drug-likeness (QED) is 0.656. The number of nitrogens with two attached hydrogens (primary N) is 1. The van der Waals surface area contributed by atoms with E-state index in [4.69, 9.17) is 10.2 Å². The molecule has 4 N–H and O–H groups in total. The van der Waals surface area contributed by atoms with Gasteiger partial charge in [0.25, 0.3) is 5.56 Å². The lowest BCUT2D eigenvalue weighted by atomic mass is 10.0. The standard InChI is InChI=1S/C18H19N5O3/c19-17-18(25)23(12-2-1-5-20-7-12)8-14(22-17)13-6-11(3-4-16(13)24)15-9-26-10-21-15/h3-4,6,8-10,12,20,24H,1-2,5,7H2,(H2,19,22). The highest BCUT2D eigenvalue weighted by Crippen LogP contribution is 2.32. The van der Waals surface area contributed by atoms with Crippen molar-refractivity contribution in [3.63, 3.8) is 0 Å². The third-order valence-corrected chi connectivity index (χ3v) is 4.62. The number of piperidine rings is 1. The maximum Gasteiger partial charge on any atom is 0.293 e. The molecule has 1 unspecified atom stereocenters. The summed E-state index contributed by atoms with van der Waals surface area (Å²) in [4.78, 5) is 20.8. The fourth-order valence-corrected chi connectivity index (χ4v) is 3.26. The van der Waals surface area contributed by atoms with Crippen LogP contribution >= 0.6 is 0 Å². The lowest BCUT2D eigenvalue weighted by Crippen LogP contribution is -2.37. The summed E-state index contributed by atoms with van der Waals surface area (Å²) in [6.45, 7) is 1.65. The largest absolute Gasteiger partial charge is 0.507 e. The van der Waals surface area contributed by atoms with E-state index in [1.54, 1.807) is 29.0 Å². The molecule has 8 heteroatoms. The summed E-state index contributed by atoms with van der Waals surface area (Å²) in [7, 11) is 0. The fourth-order valence-electron chi connectivity index (χ4n) is 3.26. The number of phenols is 1. The molecule has 0 bridgehead atoms. The third kappa shape index (κ3) is 2.95. The number of nitrogens with one attached hydrogen (secondary N) is 1. The van der Waals surface area contributed by atoms with Gasteiger partial charge in [-0.1, -0.05) is 0 Å². The van der Waals surface area contributed by atoms with Gasteiger partial charge in [0.15, 0.2) is 12.2 Å². The number of nitrogens with zero attached hydrogens (tertiary/aromatic N) is 3. The predicted octanol–water partition coefficient (Wildman–Crippen LogP) is 1.78. The molecule has 3 aromatic rings. The van der Waals surface area contributed by atoms with Gasteiger partial charge in [-0.3, -0.25) is 4.79 Å². The number of aromatic nitrogens is 3. The first-order valence-corrected chi connectivity index (χ1v) is 8.45. The van der Waals surface area contributed by atoms with Gasteiger partial charge in [0.2, 0.25) is 0 Å². The van der Waals surface area contributed by atoms with Crippen molar-refractivity contribution >= 4 is 5.82 Å². The van der Waals surface area contributed by atoms with Gasteiger partial charge in [0, 0.05) is 29.9 Å². The average molecular weight is 353 g/mol. The zero-order chi connectivity index (χ0) is 18.1. The molecule has 2 aromatic heterocycles. The summed E-state index contributed by atoms with van der Waals surface area (Å²) >= 11 is 0. The number of oxazole rings is 1. The second kappa shape index (κ2) is 6.64. The molecule has 1 atom stereocenters. The van der Waals surface area contributed by atoms with Crippen molar-refractivity contribution in [3.05, 3.63) is 47.4 Å². The Labute approximate surface area is 149 Å². The number of hydrogen-bond acceptors (Lipinski definition) is 7. The van der Waals surface area contributed by atoms with Crippen LogP contribution in [0.3, 0.4) is 0 Å². The molecule has 0 radical (unpaired) electrons. The molecule has 1 aromatic carbocycles. The van der Waals surface area contributed by atoms with E-state index >= 15 is 0 Å². The summed E-state index contributed by atoms with van der Waals surface area (Å²) in [5.74, 6) is -0.0320. The molecule has 0 saturated carbocycles. The van der Waals surface area contributed by atoms with Gasteiger partial charge >= 0.3 is 0 Å². The van der Waals surface area contributed by atoms with Gasteiger partial charge in [0.1, 0.15) is 17.7 Å². The number of benzene rings is 1. The zero-order valence-corrected chi connectivity index (χ0v) is 14.1. The van der Waals surface area contributed by atoms with E-state index in [-0.39, 0.29) is 23.2 Å². The molecule has 0 amide bonds. The van der Waals surface area contributed by atoms with E-state index < -0.39 is 0 Å². The van der Waals surface area contributed by atoms with Crippen LogP contribution in [0.25, 0.3) is 22.5 Å². The SMILES string of the molecule is Nc1nc(-c2cc(-c3cocn3)ccc2O)cn(C2CCCNC2)c1=O. The lowest BCUT2D eigenvalue weighted by Gasteiger charge is -2.25. The Balaban J connectivity index is 1.82. The Morgan fingerprint density at radius 1 is 1.35 bits per heavy atom. The van der Waals surface area contributed by atoms with Crippen LogP contribution in [0.15, 0.2) is 46.3 Å². The van der Waals surface area contributed by atoms with Crippen molar-refractivity contribution < 1.29 is 9.52 Å². The molecule has 3 heterocycles. The van der Waals surface area contributed by atoms with Crippen LogP contribution in [0.4, 0.5) is 5.82 Å². The van der Waals surface area contributed by atoms with Gasteiger partial charge in [-0.15, -0.1) is 0 Å². The van der Waals surface area contributed by atoms with E-state index in [0.29, 0.717) is 23.5 Å². The van der Waals surface area contributed by atoms with E-state index in [1.807, 2.05) is 0 Å². The number of nitrogen functional groups attached to an aromatic ring is 1. The van der Waals surface area contributed by atoms with Gasteiger partial charge in [-0.05, 0) is 37.6 Å². The molecular weight excluding hydrogens is 334 g/mol. The molecule has 1 fully saturated rings. The number of aromatic hydroxyl groups is 1. The Hall–Kier alpha value is -3.13. The smallest absolute Gasteiger partial charge is 0.293 e. The highest BCUT2D eigenvalue weighted by Gasteiger charge is 2.20. The molecule has 134 valence electrons. The fraction of sp³-hybridized carbons (Fsp3) is 0.278. The molecular formula is C18H19N5O3. The molecule has 8 nitrogen and oxygen atoms in total. The Morgan fingerprint density at radius 2 is 2.23 bits per heavy atom. The van der Waals surface area contributed by atoms with Crippen LogP contribution in [0, 0.1) is 0 Å². The van der Waals surface area contributed by atoms with Gasteiger partial charge in [0.05, 0.1) is 5.69 Å². The van der Waals surface area contributed by atoms with Crippen LogP contribution in [0.1, 0.15) is 18.9 Å². The zero-order valence-electron chi connectivity index (χ0n) is 14.1. The Morgan fingerprint density at radius 3 is 2.96 bits per heavy atom. The Bertz CT molecular complexity index is 975. The topological polar surface area (TPSA) is 119 Å². The summed E-state index contributed by atoms with van der Waals surface area (Å²) in [5, 5.41) is 13.6. The molecule has 0 spiro atoms. The summed E-state index contributed by atoms with van der Waals surface area (Å²) in [6.07, 6.45) is 6.40. The van der Waals surface area contributed by atoms with Crippen LogP contribution in [0.2, 0.25) is 0 Å². The van der Waals surface area contributed by atoms with E-state index in [9.17, 15) is 9.90 Å². The number of phenolic OH excluding ortho intramolecular Hbond substituents is 1. The first kappa shape index (κ1) is 16.3. The Kier molecular flexibility index (Phi) is 4.18. The van der Waals surface area contributed by atoms with Crippen LogP contribution in [-0.4, -0.2) is 32.7 Å². The first-order chi connectivity index (χ1) is 12.6. The summed E-state index contributed by atoms with van der Waals surface area (Å²) < 4.78 is 6.63. The van der Waals surface area contributed by atoms with E-state index in [1.165, 1.54) is 12.7 Å². The van der Waals surface area contributed by atoms with Gasteiger partial charge in [-0.25, -0.2) is 9.97 Å². The van der Waals surface area contributed by atoms with Crippen molar-refractivity contribution in [1.29, 1.82) is 0 Å². The minimum Gasteiger partial charge on any atom is -0.507 e. The summed E-state index contributed by atoms with van der Waals surface area (Å²) in [6, 6.07) is 5.07. The van der Waals surface area contributed by atoms with Crippen molar-refractivity contribution in [2.75, 3.05) is 18.8 Å². The maximum absolute atomic E-state index is 12.5. The molecule has 0 aliphatic carbocycles. The van der Waals surface area contributed by atoms with Crippen LogP contribution < -0.4 is 16.6 Å². The lowest BCUT2D eigenvalue weighted by molar-refractivity contribution is 0.364. The highest BCUT2D eigenvalue weighted by molar-refractivity contribution is 5.74. The van der Waals surface area contributed by atoms with Crippen molar-refractivity contribution in [1.82, 2.24) is 19.9 Å². The van der Waals surface area contributed by atoms with Gasteiger partial charge < -0.3 is 25.1 Å². The van der Waals surface area contributed by atoms with Gasteiger partial charge in [-0.2, -0.15) is 0 Å². The van der Waals surface area contributed by atoms with Crippen molar-refractivity contribution in [3.8, 4) is 28.3 Å². The third-order valence-electron chi connectivity index (χ3n) is 4.62. The molecule has 4 rings (SSSR count). The second-order valence-corrected chi connectivity index (χ2v) is 6.33. The maximum atomic E-state index is 12.5. The average Bonchev–Trinajstić information content (AvgIpc) is 3.20. The van der Waals surface area contributed by atoms with E-state index in [0.717, 1.165) is 24.9 Å². The molecule has 1 aliphatic heterocycles. The summed E-state index contributed by atoms with van der Waals surface area (Å²) in [5.41, 5.74) is 7.90. The van der Waals surface area contributed by atoms with Crippen LogP contribution in [-0.2, 0) is 0 Å². The van der Waals surface area contributed by atoms with Crippen LogP contribution in [0.5, 0.6) is 5.75 Å². The first-order valence-electron chi connectivity index (χ1n) is 8.45. The minimum atomic E-state index is -0.311. The monoisotopic (exact) mass is 353 g/mol. The van der Waals surface area contributed by atoms with E-state index in [2.05, 4.69) is 15.3 Å².